The summed E-state index contributed by atoms with van der Waals surface area (Å²) in [5, 5.41) is 0.120. The van der Waals surface area contributed by atoms with Crippen molar-refractivity contribution in [1.29, 1.82) is 0 Å². The lowest BCUT2D eigenvalue weighted by molar-refractivity contribution is 0.624. The lowest BCUT2D eigenvalue weighted by atomic mass is 9.95. The van der Waals surface area contributed by atoms with Gasteiger partial charge in [-0.2, -0.15) is 0 Å². The largest absolute Gasteiger partial charge is 0.320 e. The van der Waals surface area contributed by atoms with E-state index in [-0.39, 0.29) is 11.1 Å². The Bertz CT molecular complexity index is 595. The number of benzene rings is 2. The van der Waals surface area contributed by atoms with E-state index >= 15 is 0 Å². The molecule has 0 saturated carbocycles. The van der Waals surface area contributed by atoms with Crippen molar-refractivity contribution < 1.29 is 4.39 Å². The molecule has 0 aliphatic heterocycles. The topological polar surface area (TPSA) is 26.0 Å². The maximum absolute atomic E-state index is 13.5. The van der Waals surface area contributed by atoms with Crippen molar-refractivity contribution in [3.8, 4) is 0 Å². The molecule has 2 N–H and O–H groups in total. The molecule has 2 rings (SSSR count). The summed E-state index contributed by atoms with van der Waals surface area (Å²) in [6.07, 6.45) is 1.01. The van der Waals surface area contributed by atoms with Crippen molar-refractivity contribution in [2.24, 2.45) is 11.7 Å². The molecule has 0 aromatic heterocycles. The van der Waals surface area contributed by atoms with Gasteiger partial charge in [-0.1, -0.05) is 55.8 Å². The molecule has 1 atom stereocenters. The third-order valence-electron chi connectivity index (χ3n) is 3.26. The highest BCUT2D eigenvalue weighted by molar-refractivity contribution is 6.30. The first kappa shape index (κ1) is 15.0. The molecule has 0 aliphatic carbocycles. The van der Waals surface area contributed by atoms with E-state index < -0.39 is 5.82 Å². The van der Waals surface area contributed by atoms with Gasteiger partial charge in [0.25, 0.3) is 0 Å². The zero-order valence-electron chi connectivity index (χ0n) is 11.7. The summed E-state index contributed by atoms with van der Waals surface area (Å²) in [6, 6.07) is 12.5. The van der Waals surface area contributed by atoms with Gasteiger partial charge in [-0.05, 0) is 41.2 Å². The zero-order chi connectivity index (χ0) is 14.7. The monoisotopic (exact) mass is 291 g/mol. The SMILES string of the molecule is CC(C)Cc1cccc(C(N)c2ccc(Cl)c(F)c2)c1. The second kappa shape index (κ2) is 6.38. The highest BCUT2D eigenvalue weighted by atomic mass is 35.5. The molecule has 1 unspecified atom stereocenters. The molecule has 106 valence electrons. The van der Waals surface area contributed by atoms with Gasteiger partial charge in [0, 0.05) is 0 Å². The van der Waals surface area contributed by atoms with Crippen molar-refractivity contribution in [3.63, 3.8) is 0 Å². The van der Waals surface area contributed by atoms with E-state index in [1.807, 2.05) is 12.1 Å². The number of halogens is 2. The average molecular weight is 292 g/mol. The Kier molecular flexibility index (Phi) is 4.79. The molecule has 2 aromatic carbocycles. The predicted octanol–water partition coefficient (Wildman–Crippen LogP) is 4.73. The molecule has 1 nitrogen and oxygen atoms in total. The highest BCUT2D eigenvalue weighted by Gasteiger charge is 2.12. The molecule has 0 radical (unpaired) electrons. The molecule has 0 spiro atoms. The fraction of sp³-hybridized carbons (Fsp3) is 0.294. The van der Waals surface area contributed by atoms with Gasteiger partial charge < -0.3 is 5.73 Å². The number of rotatable bonds is 4. The van der Waals surface area contributed by atoms with Crippen molar-refractivity contribution in [3.05, 3.63) is 70.0 Å². The first-order valence-electron chi connectivity index (χ1n) is 6.76. The third kappa shape index (κ3) is 3.59. The van der Waals surface area contributed by atoms with Crippen LogP contribution in [0.1, 0.15) is 36.6 Å². The van der Waals surface area contributed by atoms with E-state index in [1.165, 1.54) is 11.6 Å². The third-order valence-corrected chi connectivity index (χ3v) is 3.56. The molecule has 0 amide bonds. The average Bonchev–Trinajstić information content (AvgIpc) is 2.40. The van der Waals surface area contributed by atoms with Crippen molar-refractivity contribution >= 4 is 11.6 Å². The standard InChI is InChI=1S/C17H19ClFN/c1-11(2)8-12-4-3-5-13(9-12)17(20)14-6-7-15(18)16(19)10-14/h3-7,9-11,17H,8,20H2,1-2H3. The van der Waals surface area contributed by atoms with Gasteiger partial charge in [0.05, 0.1) is 11.1 Å². The Morgan fingerprint density at radius 1 is 1.10 bits per heavy atom. The van der Waals surface area contributed by atoms with Gasteiger partial charge in [-0.15, -0.1) is 0 Å². The summed E-state index contributed by atoms with van der Waals surface area (Å²) in [5.74, 6) is 0.160. The van der Waals surface area contributed by atoms with Gasteiger partial charge >= 0.3 is 0 Å². The number of hydrogen-bond acceptors (Lipinski definition) is 1. The number of hydrogen-bond donors (Lipinski definition) is 1. The Labute approximate surface area is 124 Å². The molecule has 20 heavy (non-hydrogen) atoms. The van der Waals surface area contributed by atoms with Crippen LogP contribution < -0.4 is 5.73 Å². The molecule has 0 bridgehead atoms. The van der Waals surface area contributed by atoms with Crippen LogP contribution in [0, 0.1) is 11.7 Å². The van der Waals surface area contributed by atoms with Crippen LogP contribution in [0.4, 0.5) is 4.39 Å². The minimum Gasteiger partial charge on any atom is -0.320 e. The van der Waals surface area contributed by atoms with E-state index in [0.717, 1.165) is 17.5 Å². The summed E-state index contributed by atoms with van der Waals surface area (Å²) in [5.41, 5.74) is 9.20. The van der Waals surface area contributed by atoms with Crippen LogP contribution in [0.5, 0.6) is 0 Å². The van der Waals surface area contributed by atoms with Crippen LogP contribution in [0.15, 0.2) is 42.5 Å². The molecular weight excluding hydrogens is 273 g/mol. The zero-order valence-corrected chi connectivity index (χ0v) is 12.5. The quantitative estimate of drug-likeness (QED) is 0.866. The minimum absolute atomic E-state index is 0.120. The maximum Gasteiger partial charge on any atom is 0.142 e. The van der Waals surface area contributed by atoms with Gasteiger partial charge in [0.15, 0.2) is 0 Å². The Morgan fingerprint density at radius 2 is 1.80 bits per heavy atom. The second-order valence-corrected chi connectivity index (χ2v) is 5.90. The predicted molar refractivity (Wildman–Crippen MR) is 82.4 cm³/mol. The normalized spacial score (nSPS) is 12.7. The van der Waals surface area contributed by atoms with Crippen LogP contribution in [0.25, 0.3) is 0 Å². The highest BCUT2D eigenvalue weighted by Crippen LogP contribution is 2.24. The molecule has 2 aromatic rings. The Morgan fingerprint density at radius 3 is 2.45 bits per heavy atom. The molecule has 0 heterocycles. The molecule has 0 saturated heterocycles. The molecule has 0 fully saturated rings. The summed E-state index contributed by atoms with van der Waals surface area (Å²) >= 11 is 5.70. The summed E-state index contributed by atoms with van der Waals surface area (Å²) < 4.78 is 13.5. The first-order chi connectivity index (χ1) is 9.47. The van der Waals surface area contributed by atoms with Gasteiger partial charge in [0.2, 0.25) is 0 Å². The van der Waals surface area contributed by atoms with Crippen LogP contribution >= 0.6 is 11.6 Å². The smallest absolute Gasteiger partial charge is 0.142 e. The first-order valence-corrected chi connectivity index (χ1v) is 7.14. The molecular formula is C17H19ClFN. The summed E-state index contributed by atoms with van der Waals surface area (Å²) in [6.45, 7) is 4.36. The summed E-state index contributed by atoms with van der Waals surface area (Å²) in [4.78, 5) is 0. The lowest BCUT2D eigenvalue weighted by Crippen LogP contribution is -2.12. The van der Waals surface area contributed by atoms with Crippen LogP contribution in [-0.2, 0) is 6.42 Å². The maximum atomic E-state index is 13.5. The van der Waals surface area contributed by atoms with E-state index in [0.29, 0.717) is 5.92 Å². The Balaban J connectivity index is 2.28. The molecule has 3 heteroatoms. The van der Waals surface area contributed by atoms with Gasteiger partial charge in [-0.3, -0.25) is 0 Å². The lowest BCUT2D eigenvalue weighted by Gasteiger charge is -2.15. The van der Waals surface area contributed by atoms with Crippen molar-refractivity contribution in [1.82, 2.24) is 0 Å². The van der Waals surface area contributed by atoms with Crippen LogP contribution in [0.2, 0.25) is 5.02 Å². The number of nitrogens with two attached hydrogens (primary N) is 1. The van der Waals surface area contributed by atoms with Crippen LogP contribution in [0.3, 0.4) is 0 Å². The fourth-order valence-electron chi connectivity index (χ4n) is 2.28. The van der Waals surface area contributed by atoms with Crippen molar-refractivity contribution in [2.75, 3.05) is 0 Å². The van der Waals surface area contributed by atoms with Gasteiger partial charge in [-0.25, -0.2) is 4.39 Å². The Hall–Kier alpha value is -1.38. The van der Waals surface area contributed by atoms with Gasteiger partial charge in [0.1, 0.15) is 5.82 Å². The summed E-state index contributed by atoms with van der Waals surface area (Å²) in [7, 11) is 0. The van der Waals surface area contributed by atoms with Crippen molar-refractivity contribution in [2.45, 2.75) is 26.3 Å². The van der Waals surface area contributed by atoms with E-state index in [9.17, 15) is 4.39 Å². The fourth-order valence-corrected chi connectivity index (χ4v) is 2.40. The van der Waals surface area contributed by atoms with E-state index in [1.54, 1.807) is 12.1 Å². The van der Waals surface area contributed by atoms with Crippen LogP contribution in [-0.4, -0.2) is 0 Å². The minimum atomic E-state index is -0.432. The van der Waals surface area contributed by atoms with E-state index in [4.69, 9.17) is 17.3 Å². The second-order valence-electron chi connectivity index (χ2n) is 5.49. The molecule has 0 aliphatic rings. The van der Waals surface area contributed by atoms with E-state index in [2.05, 4.69) is 26.0 Å².